The van der Waals surface area contributed by atoms with Crippen molar-refractivity contribution in [2.75, 3.05) is 13.2 Å². The Hall–Kier alpha value is -1.02. The Balaban J connectivity index is 1.45. The molecule has 3 saturated heterocycles. The van der Waals surface area contributed by atoms with Gasteiger partial charge in [-0.05, 0) is 33.3 Å². The highest BCUT2D eigenvalue weighted by molar-refractivity contribution is 5.13. The van der Waals surface area contributed by atoms with Crippen molar-refractivity contribution in [3.8, 4) is 0 Å². The Morgan fingerprint density at radius 1 is 1.00 bits per heavy atom. The Labute approximate surface area is 148 Å². The minimum Gasteiger partial charge on any atom is -0.374 e. The molecule has 138 valence electrons. The lowest BCUT2D eigenvalue weighted by Crippen LogP contribution is -2.46. The van der Waals surface area contributed by atoms with Crippen molar-refractivity contribution in [2.45, 2.75) is 70.0 Å². The molecule has 4 rings (SSSR count). The smallest absolute Gasteiger partial charge is 0.224 e. The maximum atomic E-state index is 6.22. The molecule has 0 bridgehead atoms. The van der Waals surface area contributed by atoms with Gasteiger partial charge in [-0.2, -0.15) is 0 Å². The molecular formula is C19H26O6. The van der Waals surface area contributed by atoms with Crippen LogP contribution in [0.4, 0.5) is 0 Å². The van der Waals surface area contributed by atoms with Crippen LogP contribution in [0.1, 0.15) is 33.3 Å². The summed E-state index contributed by atoms with van der Waals surface area (Å²) >= 11 is 0. The van der Waals surface area contributed by atoms with E-state index in [4.69, 9.17) is 28.4 Å². The third-order valence-corrected chi connectivity index (χ3v) is 4.71. The van der Waals surface area contributed by atoms with Crippen molar-refractivity contribution in [1.82, 2.24) is 0 Å². The van der Waals surface area contributed by atoms with Gasteiger partial charge in [-0.1, -0.05) is 30.3 Å². The lowest BCUT2D eigenvalue weighted by molar-refractivity contribution is -0.299. The number of ether oxygens (including phenoxy) is 6. The molecule has 3 fully saturated rings. The van der Waals surface area contributed by atoms with Crippen LogP contribution in [0.15, 0.2) is 30.3 Å². The monoisotopic (exact) mass is 350 g/mol. The molecule has 0 N–H and O–H groups in total. The van der Waals surface area contributed by atoms with E-state index in [1.807, 2.05) is 58.0 Å². The largest absolute Gasteiger partial charge is 0.374 e. The summed E-state index contributed by atoms with van der Waals surface area (Å²) in [5.74, 6) is -2.33. The van der Waals surface area contributed by atoms with Gasteiger partial charge in [0.15, 0.2) is 11.6 Å². The van der Waals surface area contributed by atoms with Crippen molar-refractivity contribution in [2.24, 2.45) is 0 Å². The van der Waals surface area contributed by atoms with Gasteiger partial charge in [-0.15, -0.1) is 0 Å². The SMILES string of the molecule is CC1(C)O[C@H]2[C@@H](O1)[C@@]1(COC(C)(C)O1)O[C@@H]2COCc1ccccc1. The van der Waals surface area contributed by atoms with Crippen LogP contribution in [-0.2, 0) is 35.0 Å². The Bertz CT molecular complexity index is 616. The summed E-state index contributed by atoms with van der Waals surface area (Å²) in [6.07, 6.45) is -0.856. The van der Waals surface area contributed by atoms with Crippen molar-refractivity contribution in [3.05, 3.63) is 35.9 Å². The highest BCUT2D eigenvalue weighted by atomic mass is 16.9. The Morgan fingerprint density at radius 2 is 1.76 bits per heavy atom. The van der Waals surface area contributed by atoms with E-state index in [0.29, 0.717) is 19.8 Å². The van der Waals surface area contributed by atoms with Gasteiger partial charge in [-0.3, -0.25) is 0 Å². The van der Waals surface area contributed by atoms with E-state index < -0.39 is 17.4 Å². The van der Waals surface area contributed by atoms with E-state index in [9.17, 15) is 0 Å². The molecule has 1 aromatic carbocycles. The predicted octanol–water partition coefficient (Wildman–Crippen LogP) is 2.60. The first kappa shape index (κ1) is 17.4. The standard InChI is InChI=1S/C19H26O6/c1-17(2)21-12-19(25-17)16-15(23-18(3,4)24-16)14(22-19)11-20-10-13-8-6-5-7-9-13/h5-9,14-16H,10-12H2,1-4H3/t14-,15-,16-,19+/m1/s1. The molecule has 0 radical (unpaired) electrons. The third-order valence-electron chi connectivity index (χ3n) is 4.71. The fraction of sp³-hybridized carbons (Fsp3) is 0.684. The molecule has 1 aromatic rings. The van der Waals surface area contributed by atoms with E-state index >= 15 is 0 Å². The maximum Gasteiger partial charge on any atom is 0.224 e. The molecule has 3 aliphatic rings. The number of hydrogen-bond acceptors (Lipinski definition) is 6. The summed E-state index contributed by atoms with van der Waals surface area (Å²) in [6, 6.07) is 10.1. The van der Waals surface area contributed by atoms with Gasteiger partial charge >= 0.3 is 0 Å². The van der Waals surface area contributed by atoms with Gasteiger partial charge in [0.2, 0.25) is 5.79 Å². The van der Waals surface area contributed by atoms with Crippen LogP contribution in [0, 0.1) is 0 Å². The van der Waals surface area contributed by atoms with Crippen LogP contribution < -0.4 is 0 Å². The van der Waals surface area contributed by atoms with E-state index in [0.717, 1.165) is 5.56 Å². The molecule has 0 aromatic heterocycles. The molecule has 3 aliphatic heterocycles. The zero-order valence-corrected chi connectivity index (χ0v) is 15.2. The summed E-state index contributed by atoms with van der Waals surface area (Å²) in [7, 11) is 0. The quantitative estimate of drug-likeness (QED) is 0.832. The number of rotatable bonds is 4. The second-order valence-corrected chi connectivity index (χ2v) is 7.78. The first-order valence-corrected chi connectivity index (χ1v) is 8.78. The fourth-order valence-electron chi connectivity index (χ4n) is 3.74. The molecule has 0 saturated carbocycles. The molecule has 6 heteroatoms. The van der Waals surface area contributed by atoms with E-state index in [1.165, 1.54) is 0 Å². The van der Waals surface area contributed by atoms with Crippen molar-refractivity contribution in [1.29, 1.82) is 0 Å². The average Bonchev–Trinajstić information content (AvgIpc) is 3.12. The van der Waals surface area contributed by atoms with Gasteiger partial charge < -0.3 is 28.4 Å². The number of fused-ring (bicyclic) bond motifs is 2. The minimum atomic E-state index is -0.942. The van der Waals surface area contributed by atoms with Crippen LogP contribution >= 0.6 is 0 Å². The minimum absolute atomic E-state index is 0.247. The zero-order chi connectivity index (χ0) is 17.7. The normalized spacial score (nSPS) is 38.3. The van der Waals surface area contributed by atoms with Crippen molar-refractivity contribution >= 4 is 0 Å². The van der Waals surface area contributed by atoms with Gasteiger partial charge in [0.25, 0.3) is 0 Å². The van der Waals surface area contributed by atoms with Crippen LogP contribution in [0.25, 0.3) is 0 Å². The molecule has 0 unspecified atom stereocenters. The van der Waals surface area contributed by atoms with Crippen molar-refractivity contribution < 1.29 is 28.4 Å². The number of hydrogen-bond donors (Lipinski definition) is 0. The van der Waals surface area contributed by atoms with E-state index in [2.05, 4.69) is 0 Å². The van der Waals surface area contributed by atoms with Crippen LogP contribution in [0.5, 0.6) is 0 Å². The molecule has 4 atom stereocenters. The Kier molecular flexibility index (Phi) is 4.18. The third kappa shape index (κ3) is 3.35. The maximum absolute atomic E-state index is 6.22. The first-order valence-electron chi connectivity index (χ1n) is 8.78. The lowest BCUT2D eigenvalue weighted by atomic mass is 10.1. The molecular weight excluding hydrogens is 324 g/mol. The highest BCUT2D eigenvalue weighted by Crippen LogP contribution is 2.49. The van der Waals surface area contributed by atoms with Crippen LogP contribution in [0.3, 0.4) is 0 Å². The van der Waals surface area contributed by atoms with Crippen LogP contribution in [0.2, 0.25) is 0 Å². The fourth-order valence-corrected chi connectivity index (χ4v) is 3.74. The average molecular weight is 350 g/mol. The lowest BCUT2D eigenvalue weighted by Gasteiger charge is -2.30. The van der Waals surface area contributed by atoms with Crippen LogP contribution in [-0.4, -0.2) is 48.9 Å². The second-order valence-electron chi connectivity index (χ2n) is 7.78. The molecule has 1 spiro atoms. The predicted molar refractivity (Wildman–Crippen MR) is 88.6 cm³/mol. The van der Waals surface area contributed by atoms with Crippen molar-refractivity contribution in [3.63, 3.8) is 0 Å². The van der Waals surface area contributed by atoms with Gasteiger partial charge in [0.05, 0.1) is 13.2 Å². The van der Waals surface area contributed by atoms with E-state index in [-0.39, 0.29) is 18.3 Å². The summed E-state index contributed by atoms with van der Waals surface area (Å²) in [5.41, 5.74) is 1.12. The topological polar surface area (TPSA) is 55.4 Å². The molecule has 25 heavy (non-hydrogen) atoms. The second kappa shape index (κ2) is 6.01. The summed E-state index contributed by atoms with van der Waals surface area (Å²) in [6.45, 7) is 8.80. The number of benzene rings is 1. The van der Waals surface area contributed by atoms with Gasteiger partial charge in [0.1, 0.15) is 24.9 Å². The summed E-state index contributed by atoms with van der Waals surface area (Å²) in [4.78, 5) is 0. The first-order chi connectivity index (χ1) is 11.8. The molecule has 0 aliphatic carbocycles. The van der Waals surface area contributed by atoms with Gasteiger partial charge in [-0.25, -0.2) is 0 Å². The molecule has 3 heterocycles. The molecule has 6 nitrogen and oxygen atoms in total. The Morgan fingerprint density at radius 3 is 2.44 bits per heavy atom. The highest BCUT2D eigenvalue weighted by Gasteiger charge is 2.67. The summed E-state index contributed by atoms with van der Waals surface area (Å²) < 4.78 is 36.1. The molecule has 0 amide bonds. The van der Waals surface area contributed by atoms with E-state index in [1.54, 1.807) is 0 Å². The zero-order valence-electron chi connectivity index (χ0n) is 15.2. The summed E-state index contributed by atoms with van der Waals surface area (Å²) in [5, 5.41) is 0. The van der Waals surface area contributed by atoms with Gasteiger partial charge in [0, 0.05) is 0 Å².